The summed E-state index contributed by atoms with van der Waals surface area (Å²) in [7, 11) is 0. The lowest BCUT2D eigenvalue weighted by atomic mass is 9.74. The number of carbonyl (C=O) groups is 3. The molecule has 2 aromatic rings. The summed E-state index contributed by atoms with van der Waals surface area (Å²) in [6.07, 6.45) is 8.76. The van der Waals surface area contributed by atoms with Gasteiger partial charge in [-0.1, -0.05) is 61.6 Å². The normalized spacial score (nSPS) is 29.4. The number of likely N-dealkylation sites (tertiary alicyclic amines) is 1. The van der Waals surface area contributed by atoms with Gasteiger partial charge in [0.1, 0.15) is 11.6 Å². The Bertz CT molecular complexity index is 1510. The third-order valence-electron chi connectivity index (χ3n) is 10.3. The molecule has 4 aliphatic heterocycles. The van der Waals surface area contributed by atoms with E-state index < -0.39 is 35.1 Å². The van der Waals surface area contributed by atoms with Gasteiger partial charge in [-0.15, -0.1) is 0 Å². The van der Waals surface area contributed by atoms with E-state index in [1.165, 1.54) is 0 Å². The Morgan fingerprint density at radius 1 is 0.891 bits per heavy atom. The number of ether oxygens (including phenoxy) is 1. The standard InChI is InChI=1S/C37H46N4O5/c1-5-21-39-22-11-19-36(4)30(33(39)43)31-34(44)41(29(25-42)24-26-13-9-8-10-14-26)32-35(45)40(23-12-20-37(31,32)46-36)28-17-15-27(16-18-28)38(6-2)7-3/h8-20,29-32,42H,5-7,21-25H2,1-4H3/t29-,30+,31+,32?,36-,37+/m1/s1. The highest BCUT2D eigenvalue weighted by atomic mass is 16.5. The largest absolute Gasteiger partial charge is 0.394 e. The highest BCUT2D eigenvalue weighted by molar-refractivity contribution is 6.06. The summed E-state index contributed by atoms with van der Waals surface area (Å²) < 4.78 is 6.99. The van der Waals surface area contributed by atoms with E-state index >= 15 is 0 Å². The Morgan fingerprint density at radius 3 is 2.24 bits per heavy atom. The zero-order valence-corrected chi connectivity index (χ0v) is 27.3. The van der Waals surface area contributed by atoms with Crippen LogP contribution in [0.5, 0.6) is 0 Å². The molecule has 0 aliphatic carbocycles. The number of hydrogen-bond donors (Lipinski definition) is 1. The molecule has 1 unspecified atom stereocenters. The van der Waals surface area contributed by atoms with Crippen molar-refractivity contribution in [1.82, 2.24) is 9.80 Å². The molecule has 1 spiro atoms. The van der Waals surface area contributed by atoms with Gasteiger partial charge in [0.25, 0.3) is 5.91 Å². The molecule has 46 heavy (non-hydrogen) atoms. The first kappa shape index (κ1) is 32.0. The van der Waals surface area contributed by atoms with Gasteiger partial charge in [-0.3, -0.25) is 14.4 Å². The zero-order chi connectivity index (χ0) is 32.6. The molecule has 4 heterocycles. The topological polar surface area (TPSA) is 93.6 Å². The van der Waals surface area contributed by atoms with Crippen molar-refractivity contribution >= 4 is 29.1 Å². The van der Waals surface area contributed by atoms with E-state index in [9.17, 15) is 19.5 Å². The van der Waals surface area contributed by atoms with E-state index in [4.69, 9.17) is 4.74 Å². The average molecular weight is 627 g/mol. The lowest BCUT2D eigenvalue weighted by Gasteiger charge is -2.40. The van der Waals surface area contributed by atoms with E-state index in [2.05, 4.69) is 18.7 Å². The molecule has 2 fully saturated rings. The van der Waals surface area contributed by atoms with Crippen molar-refractivity contribution < 1.29 is 24.2 Å². The van der Waals surface area contributed by atoms with E-state index in [0.717, 1.165) is 30.8 Å². The minimum atomic E-state index is -1.39. The molecule has 0 radical (unpaired) electrons. The van der Waals surface area contributed by atoms with Gasteiger partial charge >= 0.3 is 0 Å². The SMILES string of the molecule is CCCN1CC=C[C@@]2(C)O[C@]34C=CCN(c5ccc(N(CC)CC)cc5)C(=O)C3N([C@@H](CO)Cc3ccccc3)C(=O)[C@@H]4[C@H]2C1=O. The molecular formula is C37H46N4O5. The van der Waals surface area contributed by atoms with Crippen LogP contribution in [0.4, 0.5) is 11.4 Å². The Hall–Kier alpha value is -3.95. The van der Waals surface area contributed by atoms with Crippen molar-refractivity contribution in [3.8, 4) is 0 Å². The van der Waals surface area contributed by atoms with E-state index in [0.29, 0.717) is 25.2 Å². The Kier molecular flexibility index (Phi) is 8.83. The van der Waals surface area contributed by atoms with E-state index in [1.54, 1.807) is 14.7 Å². The van der Waals surface area contributed by atoms with Crippen LogP contribution in [0.1, 0.15) is 39.7 Å². The molecule has 244 valence electrons. The van der Waals surface area contributed by atoms with Crippen molar-refractivity contribution in [2.75, 3.05) is 49.1 Å². The number of fused-ring (bicyclic) bond motifs is 2. The fourth-order valence-corrected chi connectivity index (χ4v) is 8.18. The molecule has 9 heteroatoms. The molecule has 1 N–H and O–H groups in total. The van der Waals surface area contributed by atoms with Gasteiger partial charge in [0.15, 0.2) is 0 Å². The molecule has 0 aromatic heterocycles. The second kappa shape index (κ2) is 12.7. The number of carbonyl (C=O) groups excluding carboxylic acids is 3. The summed E-state index contributed by atoms with van der Waals surface area (Å²) in [5, 5.41) is 10.8. The van der Waals surface area contributed by atoms with Crippen molar-refractivity contribution in [3.05, 3.63) is 84.5 Å². The molecule has 4 aliphatic rings. The predicted molar refractivity (Wildman–Crippen MR) is 178 cm³/mol. The Labute approximate surface area is 272 Å². The summed E-state index contributed by atoms with van der Waals surface area (Å²) in [4.78, 5) is 51.4. The number of anilines is 2. The Morgan fingerprint density at radius 2 is 1.59 bits per heavy atom. The predicted octanol–water partition coefficient (Wildman–Crippen LogP) is 3.82. The maximum atomic E-state index is 15.0. The number of aliphatic hydroxyl groups is 1. The van der Waals surface area contributed by atoms with E-state index in [-0.39, 0.29) is 30.9 Å². The quantitative estimate of drug-likeness (QED) is 0.404. The monoisotopic (exact) mass is 626 g/mol. The summed E-state index contributed by atoms with van der Waals surface area (Å²) >= 11 is 0. The van der Waals surface area contributed by atoms with Gasteiger partial charge in [-0.25, -0.2) is 0 Å². The molecule has 9 nitrogen and oxygen atoms in total. The molecule has 3 amide bonds. The fraction of sp³-hybridized carbons (Fsp3) is 0.486. The number of benzene rings is 2. The third kappa shape index (κ3) is 5.14. The van der Waals surface area contributed by atoms with Gasteiger partial charge in [0.2, 0.25) is 11.8 Å². The summed E-state index contributed by atoms with van der Waals surface area (Å²) in [5.41, 5.74) is 0.254. The summed E-state index contributed by atoms with van der Waals surface area (Å²) in [6.45, 7) is 10.8. The molecule has 0 saturated carbocycles. The van der Waals surface area contributed by atoms with Crippen molar-refractivity contribution in [2.24, 2.45) is 11.8 Å². The van der Waals surface area contributed by atoms with Gasteiger partial charge in [-0.2, -0.15) is 0 Å². The number of amides is 3. The highest BCUT2D eigenvalue weighted by Crippen LogP contribution is 2.58. The molecule has 6 atom stereocenters. The Balaban J connectivity index is 1.46. The average Bonchev–Trinajstić information content (AvgIpc) is 3.34. The molecule has 0 bridgehead atoms. The molecular weight excluding hydrogens is 580 g/mol. The number of aliphatic hydroxyl groups excluding tert-OH is 1. The first-order chi connectivity index (χ1) is 22.2. The van der Waals surface area contributed by atoms with Crippen LogP contribution >= 0.6 is 0 Å². The van der Waals surface area contributed by atoms with Crippen molar-refractivity contribution in [3.63, 3.8) is 0 Å². The van der Waals surface area contributed by atoms with Crippen LogP contribution in [0, 0.1) is 11.8 Å². The number of rotatable bonds is 10. The van der Waals surface area contributed by atoms with Crippen LogP contribution in [0.15, 0.2) is 78.9 Å². The molecule has 6 rings (SSSR count). The minimum Gasteiger partial charge on any atom is -0.394 e. The lowest BCUT2D eigenvalue weighted by molar-refractivity contribution is -0.151. The fourth-order valence-electron chi connectivity index (χ4n) is 8.18. The maximum Gasteiger partial charge on any atom is 0.253 e. The van der Waals surface area contributed by atoms with Gasteiger partial charge in [-0.05, 0) is 63.4 Å². The van der Waals surface area contributed by atoms with Crippen LogP contribution in [-0.2, 0) is 25.5 Å². The third-order valence-corrected chi connectivity index (χ3v) is 10.3. The zero-order valence-electron chi connectivity index (χ0n) is 27.3. The van der Waals surface area contributed by atoms with Gasteiger partial charge in [0, 0.05) is 44.1 Å². The first-order valence-corrected chi connectivity index (χ1v) is 16.7. The second-order valence-corrected chi connectivity index (χ2v) is 13.0. The smallest absolute Gasteiger partial charge is 0.253 e. The van der Waals surface area contributed by atoms with E-state index in [1.807, 2.05) is 92.7 Å². The van der Waals surface area contributed by atoms with Crippen LogP contribution in [0.25, 0.3) is 0 Å². The van der Waals surface area contributed by atoms with Crippen LogP contribution < -0.4 is 9.80 Å². The number of hydrogen-bond acceptors (Lipinski definition) is 6. The second-order valence-electron chi connectivity index (χ2n) is 13.0. The van der Waals surface area contributed by atoms with Gasteiger partial charge < -0.3 is 29.4 Å². The van der Waals surface area contributed by atoms with Crippen LogP contribution in [0.2, 0.25) is 0 Å². The minimum absolute atomic E-state index is 0.136. The van der Waals surface area contributed by atoms with Gasteiger partial charge in [0.05, 0.1) is 30.1 Å². The molecule has 2 aromatic carbocycles. The maximum absolute atomic E-state index is 15.0. The summed E-state index contributed by atoms with van der Waals surface area (Å²) in [6, 6.07) is 15.8. The number of nitrogens with zero attached hydrogens (tertiary/aromatic N) is 4. The van der Waals surface area contributed by atoms with Crippen molar-refractivity contribution in [1.29, 1.82) is 0 Å². The molecule has 2 saturated heterocycles. The lowest BCUT2D eigenvalue weighted by Crippen LogP contribution is -2.59. The van der Waals surface area contributed by atoms with Crippen LogP contribution in [0.3, 0.4) is 0 Å². The van der Waals surface area contributed by atoms with Crippen molar-refractivity contribution in [2.45, 2.75) is 63.8 Å². The summed E-state index contributed by atoms with van der Waals surface area (Å²) in [5.74, 6) is -2.49. The van der Waals surface area contributed by atoms with Crippen LogP contribution in [-0.4, -0.2) is 95.2 Å². The highest BCUT2D eigenvalue weighted by Gasteiger charge is 2.75. The first-order valence-electron chi connectivity index (χ1n) is 16.7.